The van der Waals surface area contributed by atoms with Crippen LogP contribution in [0.2, 0.25) is 0 Å². The van der Waals surface area contributed by atoms with Gasteiger partial charge in [0.15, 0.2) is 5.82 Å². The molecule has 0 atom stereocenters. The molecule has 1 aliphatic carbocycles. The van der Waals surface area contributed by atoms with Gasteiger partial charge in [0.2, 0.25) is 5.91 Å². The first-order chi connectivity index (χ1) is 9.81. The Bertz CT molecular complexity index is 576. The average molecular weight is 271 g/mol. The van der Waals surface area contributed by atoms with Crippen molar-refractivity contribution in [2.45, 2.75) is 38.3 Å². The molecule has 0 aliphatic heterocycles. The highest BCUT2D eigenvalue weighted by molar-refractivity contribution is 5.78. The predicted molar refractivity (Wildman–Crippen MR) is 72.8 cm³/mol. The van der Waals surface area contributed by atoms with Gasteiger partial charge < -0.3 is 5.32 Å². The van der Waals surface area contributed by atoms with Crippen molar-refractivity contribution in [1.82, 2.24) is 25.5 Å². The Kier molecular flexibility index (Phi) is 3.71. The van der Waals surface area contributed by atoms with E-state index >= 15 is 0 Å². The summed E-state index contributed by atoms with van der Waals surface area (Å²) in [6.45, 7) is 0.684. The number of carbonyl (C=O) groups excluding carboxylic acids is 1. The fraction of sp³-hybridized carbons (Fsp3) is 0.429. The Morgan fingerprint density at radius 2 is 2.10 bits per heavy atom. The lowest BCUT2D eigenvalue weighted by atomic mass is 10.1. The highest BCUT2D eigenvalue weighted by atomic mass is 16.1. The Hall–Kier alpha value is -2.24. The van der Waals surface area contributed by atoms with Crippen molar-refractivity contribution in [1.29, 1.82) is 0 Å². The van der Waals surface area contributed by atoms with E-state index < -0.39 is 0 Å². The molecule has 1 saturated carbocycles. The number of nitrogens with zero attached hydrogens (tertiary/aromatic N) is 4. The normalized spacial score (nSPS) is 14.2. The fourth-order valence-corrected chi connectivity index (χ4v) is 2.05. The zero-order valence-electron chi connectivity index (χ0n) is 11.2. The summed E-state index contributed by atoms with van der Waals surface area (Å²) in [6, 6.07) is 10.5. The van der Waals surface area contributed by atoms with E-state index in [2.05, 4.69) is 33.0 Å². The number of benzene rings is 1. The number of amides is 1. The molecule has 1 aromatic carbocycles. The van der Waals surface area contributed by atoms with Crippen molar-refractivity contribution in [2.24, 2.45) is 0 Å². The second-order valence-electron chi connectivity index (χ2n) is 5.07. The first-order valence-corrected chi connectivity index (χ1v) is 6.89. The van der Waals surface area contributed by atoms with E-state index in [1.165, 1.54) is 5.56 Å². The monoisotopic (exact) mass is 271 g/mol. The molecule has 0 unspecified atom stereocenters. The lowest BCUT2D eigenvalue weighted by Gasteiger charge is -2.05. The average Bonchev–Trinajstić information content (AvgIpc) is 3.16. The zero-order chi connectivity index (χ0) is 13.8. The molecule has 1 heterocycles. The molecule has 104 valence electrons. The van der Waals surface area contributed by atoms with Gasteiger partial charge in [0.1, 0.15) is 0 Å². The van der Waals surface area contributed by atoms with Crippen LogP contribution in [0.1, 0.15) is 24.2 Å². The van der Waals surface area contributed by atoms with Crippen LogP contribution in [-0.4, -0.2) is 32.2 Å². The topological polar surface area (TPSA) is 72.7 Å². The number of nitrogens with one attached hydrogen (secondary N) is 1. The van der Waals surface area contributed by atoms with Crippen LogP contribution in [0.3, 0.4) is 0 Å². The van der Waals surface area contributed by atoms with Crippen molar-refractivity contribution >= 4 is 5.91 Å². The summed E-state index contributed by atoms with van der Waals surface area (Å²) in [7, 11) is 0. The van der Waals surface area contributed by atoms with E-state index in [4.69, 9.17) is 0 Å². The van der Waals surface area contributed by atoms with Gasteiger partial charge in [-0.15, -0.1) is 5.10 Å². The van der Waals surface area contributed by atoms with Crippen LogP contribution >= 0.6 is 0 Å². The van der Waals surface area contributed by atoms with E-state index in [1.54, 1.807) is 4.68 Å². The summed E-state index contributed by atoms with van der Waals surface area (Å²) in [5.41, 5.74) is 1.23. The molecule has 20 heavy (non-hydrogen) atoms. The molecule has 6 nitrogen and oxygen atoms in total. The van der Waals surface area contributed by atoms with E-state index in [1.807, 2.05) is 18.2 Å². The number of carbonyl (C=O) groups is 1. The fourth-order valence-electron chi connectivity index (χ4n) is 2.05. The second kappa shape index (κ2) is 5.81. The van der Waals surface area contributed by atoms with Crippen LogP contribution in [0, 0.1) is 0 Å². The summed E-state index contributed by atoms with van der Waals surface area (Å²) in [5, 5.41) is 14.5. The lowest BCUT2D eigenvalue weighted by molar-refractivity contribution is -0.120. The summed E-state index contributed by atoms with van der Waals surface area (Å²) >= 11 is 0. The number of hydrogen-bond donors (Lipinski definition) is 1. The summed E-state index contributed by atoms with van der Waals surface area (Å²) < 4.78 is 1.71. The Morgan fingerprint density at radius 3 is 2.85 bits per heavy atom. The quantitative estimate of drug-likeness (QED) is 0.841. The van der Waals surface area contributed by atoms with E-state index in [-0.39, 0.29) is 12.3 Å². The molecule has 1 aromatic heterocycles. The third-order valence-corrected chi connectivity index (χ3v) is 3.32. The predicted octanol–water partition coefficient (Wildman–Crippen LogP) is 0.737. The van der Waals surface area contributed by atoms with Crippen molar-refractivity contribution in [3.8, 4) is 0 Å². The van der Waals surface area contributed by atoms with Gasteiger partial charge in [-0.1, -0.05) is 30.3 Å². The van der Waals surface area contributed by atoms with Crippen LogP contribution in [0.5, 0.6) is 0 Å². The largest absolute Gasteiger partial charge is 0.353 e. The minimum atomic E-state index is 0.00302. The van der Waals surface area contributed by atoms with Crippen LogP contribution < -0.4 is 5.32 Å². The third kappa shape index (κ3) is 3.40. The third-order valence-electron chi connectivity index (χ3n) is 3.32. The molecule has 2 aromatic rings. The minimum absolute atomic E-state index is 0.00302. The van der Waals surface area contributed by atoms with Crippen molar-refractivity contribution in [3.05, 3.63) is 41.7 Å². The molecule has 1 fully saturated rings. The zero-order valence-corrected chi connectivity index (χ0v) is 11.2. The first kappa shape index (κ1) is 12.8. The second-order valence-corrected chi connectivity index (χ2v) is 5.07. The van der Waals surface area contributed by atoms with Crippen LogP contribution in [-0.2, 0) is 24.2 Å². The molecule has 0 spiro atoms. The highest BCUT2D eigenvalue weighted by Gasteiger charge is 2.24. The van der Waals surface area contributed by atoms with Crippen molar-refractivity contribution in [2.75, 3.05) is 0 Å². The van der Waals surface area contributed by atoms with Crippen LogP contribution in [0.25, 0.3) is 0 Å². The Morgan fingerprint density at radius 1 is 1.30 bits per heavy atom. The summed E-state index contributed by atoms with van der Waals surface area (Å²) in [6.07, 6.45) is 3.27. The number of tetrazole rings is 1. The molecule has 1 amide bonds. The molecule has 0 saturated heterocycles. The van der Waals surface area contributed by atoms with Gasteiger partial charge in [-0.05, 0) is 35.3 Å². The highest BCUT2D eigenvalue weighted by Crippen LogP contribution is 2.18. The number of aryl methyl sites for hydroxylation is 2. The maximum Gasteiger partial charge on any atom is 0.227 e. The molecular formula is C14H17N5O. The Labute approximate surface area is 117 Å². The van der Waals surface area contributed by atoms with Gasteiger partial charge in [-0.2, -0.15) is 0 Å². The van der Waals surface area contributed by atoms with E-state index in [9.17, 15) is 4.79 Å². The van der Waals surface area contributed by atoms with Gasteiger partial charge in [-0.25, -0.2) is 4.68 Å². The number of hydrogen-bond acceptors (Lipinski definition) is 4. The molecule has 1 N–H and O–H groups in total. The van der Waals surface area contributed by atoms with Crippen molar-refractivity contribution in [3.63, 3.8) is 0 Å². The van der Waals surface area contributed by atoms with E-state index in [0.29, 0.717) is 18.4 Å². The van der Waals surface area contributed by atoms with Gasteiger partial charge in [0.05, 0.1) is 6.42 Å². The number of aromatic nitrogens is 4. The minimum Gasteiger partial charge on any atom is -0.353 e. The molecular weight excluding hydrogens is 254 g/mol. The Balaban J connectivity index is 1.56. The van der Waals surface area contributed by atoms with Crippen molar-refractivity contribution < 1.29 is 4.79 Å². The molecule has 0 radical (unpaired) electrons. The van der Waals surface area contributed by atoms with Gasteiger partial charge in [0.25, 0.3) is 0 Å². The standard InChI is InChI=1S/C14H17N5O/c20-14(15-12-6-7-12)10-13-16-17-18-19(13)9-8-11-4-2-1-3-5-11/h1-5,12H,6-10H2,(H,15,20). The molecule has 6 heteroatoms. The molecule has 0 bridgehead atoms. The first-order valence-electron chi connectivity index (χ1n) is 6.89. The van der Waals surface area contributed by atoms with Crippen LogP contribution in [0.4, 0.5) is 0 Å². The SMILES string of the molecule is O=C(Cc1nnnn1CCc1ccccc1)NC1CC1. The summed E-state index contributed by atoms with van der Waals surface area (Å²) in [4.78, 5) is 11.8. The van der Waals surface area contributed by atoms with Gasteiger partial charge >= 0.3 is 0 Å². The summed E-state index contributed by atoms with van der Waals surface area (Å²) in [5.74, 6) is 0.627. The maximum atomic E-state index is 11.8. The molecule has 1 aliphatic rings. The maximum absolute atomic E-state index is 11.8. The molecule has 3 rings (SSSR count). The van der Waals surface area contributed by atoms with Gasteiger partial charge in [0, 0.05) is 12.6 Å². The van der Waals surface area contributed by atoms with E-state index in [0.717, 1.165) is 19.3 Å². The lowest BCUT2D eigenvalue weighted by Crippen LogP contribution is -2.28. The smallest absolute Gasteiger partial charge is 0.227 e. The number of rotatable bonds is 6. The van der Waals surface area contributed by atoms with Crippen LogP contribution in [0.15, 0.2) is 30.3 Å². The van der Waals surface area contributed by atoms with Gasteiger partial charge in [-0.3, -0.25) is 4.79 Å².